The van der Waals surface area contributed by atoms with E-state index < -0.39 is 0 Å². The maximum atomic E-state index is 12.1. The Hall–Kier alpha value is -7.70. The molecule has 1 aromatic carbocycles. The van der Waals surface area contributed by atoms with E-state index in [0.29, 0.717) is 11.5 Å². The molecule has 0 spiro atoms. The number of carbonyl (C=O) groups excluding carboxylic acids is 1. The number of amides is 1. The monoisotopic (exact) mass is 580 g/mol. The Bertz CT molecular complexity index is 1950. The smallest absolute Gasteiger partial charge is 0.275 e. The van der Waals surface area contributed by atoms with Gasteiger partial charge in [0.05, 0.1) is 5.69 Å². The van der Waals surface area contributed by atoms with E-state index in [9.17, 15) is 4.79 Å². The van der Waals surface area contributed by atoms with E-state index >= 15 is 0 Å². The normalized spacial score (nSPS) is 6.80. The number of carbonyl (C=O) groups is 1. The van der Waals surface area contributed by atoms with E-state index in [2.05, 4.69) is 110 Å². The lowest BCUT2D eigenvalue weighted by molar-refractivity contribution is 0.102. The van der Waals surface area contributed by atoms with Crippen LogP contribution < -0.4 is 5.32 Å². The molecular weight excluding hydrogens is 548 g/mol. The Labute approximate surface area is 265 Å². The first-order valence-corrected chi connectivity index (χ1v) is 11.7. The molecule has 0 aliphatic heterocycles. The highest BCUT2D eigenvalue weighted by atomic mass is 16.1. The molecule has 3 aromatic rings. The van der Waals surface area contributed by atoms with Gasteiger partial charge in [0.25, 0.3) is 5.91 Å². The number of aromatic nitrogens is 2. The summed E-state index contributed by atoms with van der Waals surface area (Å²) in [6.07, 6.45) is 11.4. The lowest BCUT2D eigenvalue weighted by Gasteiger charge is -2.06. The van der Waals surface area contributed by atoms with Gasteiger partial charge in [-0.15, -0.1) is 18.4 Å². The summed E-state index contributed by atoms with van der Waals surface area (Å²) in [5, 5.41) is 2.77. The van der Waals surface area contributed by atoms with Crippen LogP contribution in [0.1, 0.15) is 24.6 Å². The molecule has 218 valence electrons. The lowest BCUT2D eigenvalue weighted by Crippen LogP contribution is -2.14. The zero-order valence-electron chi connectivity index (χ0n) is 23.2. The Morgan fingerprint density at radius 3 is 1.68 bits per heavy atom. The second-order valence-corrected chi connectivity index (χ2v) is 7.08. The third-order valence-electron chi connectivity index (χ3n) is 4.19. The number of aryl methyl sites for hydroxylation is 1. The van der Waals surface area contributed by atoms with Gasteiger partial charge in [-0.1, -0.05) is 42.0 Å². The molecule has 0 aliphatic carbocycles. The quantitative estimate of drug-likeness (QED) is 0.182. The SMILES string of the molecule is C#CC#CC#CC#CC#CC#CC#CC#CC#C.Cc1ccc(-c2cccc(NC(=O)c3ccccn3)n2)cc1.O.[HH].[HH].[HH].[HH].[HH].[HH].[N-]=[N+]=N. The predicted molar refractivity (Wildman–Crippen MR) is 184 cm³/mol. The Morgan fingerprint density at radius 2 is 1.25 bits per heavy atom. The highest BCUT2D eigenvalue weighted by Gasteiger charge is 2.08. The van der Waals surface area contributed by atoms with E-state index in [1.807, 2.05) is 43.3 Å². The third-order valence-corrected chi connectivity index (χ3v) is 4.19. The lowest BCUT2D eigenvalue weighted by atomic mass is 10.1. The fourth-order valence-electron chi connectivity index (χ4n) is 2.51. The van der Waals surface area contributed by atoms with E-state index in [0.717, 1.165) is 11.3 Å². The number of terminal acetylenes is 2. The van der Waals surface area contributed by atoms with Gasteiger partial charge < -0.3 is 10.8 Å². The highest BCUT2D eigenvalue weighted by molar-refractivity contribution is 6.02. The summed E-state index contributed by atoms with van der Waals surface area (Å²) in [4.78, 5) is 22.3. The van der Waals surface area contributed by atoms with Gasteiger partial charge >= 0.3 is 0 Å². The number of nitrogens with zero attached hydrogens (tertiary/aromatic N) is 4. The molecule has 0 aliphatic rings. The molecule has 2 heterocycles. The first-order valence-electron chi connectivity index (χ1n) is 11.7. The number of rotatable bonds is 3. The molecule has 44 heavy (non-hydrogen) atoms. The predicted octanol–water partition coefficient (Wildman–Crippen LogP) is 5.51. The van der Waals surface area contributed by atoms with E-state index in [1.165, 1.54) is 5.56 Å². The summed E-state index contributed by atoms with van der Waals surface area (Å²) in [7, 11) is 0. The molecule has 8 nitrogen and oxygen atoms in total. The van der Waals surface area contributed by atoms with Crippen LogP contribution in [0.5, 0.6) is 0 Å². The largest absolute Gasteiger partial charge is 0.412 e. The van der Waals surface area contributed by atoms with Crippen molar-refractivity contribution in [3.05, 3.63) is 88.6 Å². The zero-order valence-corrected chi connectivity index (χ0v) is 23.2. The summed E-state index contributed by atoms with van der Waals surface area (Å²) in [6.45, 7) is 2.04. The van der Waals surface area contributed by atoms with Crippen LogP contribution in [0.3, 0.4) is 0 Å². The van der Waals surface area contributed by atoms with Crippen molar-refractivity contribution in [1.29, 1.82) is 5.53 Å². The van der Waals surface area contributed by atoms with Crippen LogP contribution in [0.4, 0.5) is 5.82 Å². The average Bonchev–Trinajstić information content (AvgIpc) is 3.03. The molecule has 0 bridgehead atoms. The van der Waals surface area contributed by atoms with Gasteiger partial charge in [0.2, 0.25) is 0 Å². The van der Waals surface area contributed by atoms with Gasteiger partial charge in [0.15, 0.2) is 0 Å². The molecule has 0 saturated heterocycles. The van der Waals surface area contributed by atoms with E-state index in [4.69, 9.17) is 23.9 Å². The van der Waals surface area contributed by atoms with Crippen molar-refractivity contribution in [2.45, 2.75) is 6.92 Å². The molecule has 0 atom stereocenters. The number of anilines is 1. The van der Waals surface area contributed by atoms with Crippen LogP contribution in [-0.2, 0) is 0 Å². The molecule has 4 N–H and O–H groups in total. The molecule has 0 saturated carbocycles. The minimum Gasteiger partial charge on any atom is -0.412 e. The first-order chi connectivity index (χ1) is 21.0. The second-order valence-electron chi connectivity index (χ2n) is 7.08. The Balaban J connectivity index is -0.000000123. The van der Waals surface area contributed by atoms with Crippen molar-refractivity contribution < 1.29 is 18.8 Å². The minimum absolute atomic E-state index is 0. The molecule has 0 unspecified atom stereocenters. The topological polar surface area (TPSA) is 147 Å². The summed E-state index contributed by atoms with van der Waals surface area (Å²) < 4.78 is 0. The third kappa shape index (κ3) is 17.0. The number of benzene rings is 1. The van der Waals surface area contributed by atoms with Gasteiger partial charge in [-0.3, -0.25) is 9.78 Å². The second kappa shape index (κ2) is 24.3. The van der Waals surface area contributed by atoms with Crippen LogP contribution in [0.15, 0.2) is 66.9 Å². The maximum absolute atomic E-state index is 12.1. The minimum atomic E-state index is -0.269. The Morgan fingerprint density at radius 1 is 0.773 bits per heavy atom. The fourth-order valence-corrected chi connectivity index (χ4v) is 2.51. The Kier molecular flexibility index (Phi) is 20.1. The van der Waals surface area contributed by atoms with Crippen molar-refractivity contribution in [3.8, 4) is 119 Å². The van der Waals surface area contributed by atoms with E-state index in [-0.39, 0.29) is 19.9 Å². The maximum Gasteiger partial charge on any atom is 0.275 e. The average molecular weight is 581 g/mol. The van der Waals surface area contributed by atoms with Gasteiger partial charge in [0, 0.05) is 20.3 Å². The van der Waals surface area contributed by atoms with Gasteiger partial charge in [-0.2, -0.15) is 0 Å². The van der Waals surface area contributed by atoms with Crippen molar-refractivity contribution in [2.24, 2.45) is 0 Å². The number of pyridine rings is 2. The molecular formula is C36H32N6O2. The van der Waals surface area contributed by atoms with Crippen molar-refractivity contribution >= 4 is 11.7 Å². The van der Waals surface area contributed by atoms with Gasteiger partial charge in [0.1, 0.15) is 11.5 Å². The molecule has 1 amide bonds. The number of hydrogen-bond acceptors (Lipinski definition) is 4. The van der Waals surface area contributed by atoms with Gasteiger partial charge in [-0.05, 0) is 136 Å². The summed E-state index contributed by atoms with van der Waals surface area (Å²) in [6, 6.07) is 18.9. The fraction of sp³-hybridized carbons (Fsp3) is 0.0278. The summed E-state index contributed by atoms with van der Waals surface area (Å²) >= 11 is 0. The van der Waals surface area contributed by atoms with Crippen LogP contribution in [0, 0.1) is 120 Å². The molecule has 0 radical (unpaired) electrons. The molecule has 0 fully saturated rings. The van der Waals surface area contributed by atoms with Crippen LogP contribution >= 0.6 is 0 Å². The van der Waals surface area contributed by atoms with Crippen LogP contribution in [0.2, 0.25) is 0 Å². The highest BCUT2D eigenvalue weighted by Crippen LogP contribution is 2.19. The van der Waals surface area contributed by atoms with E-state index in [1.54, 1.807) is 35.4 Å². The molecule has 3 rings (SSSR count). The van der Waals surface area contributed by atoms with Crippen LogP contribution in [-0.4, -0.2) is 21.4 Å². The molecule has 8 heteroatoms. The summed E-state index contributed by atoms with van der Waals surface area (Å²) in [5.41, 5.74) is 15.6. The molecule has 2 aromatic heterocycles. The van der Waals surface area contributed by atoms with Crippen molar-refractivity contribution in [3.63, 3.8) is 0 Å². The van der Waals surface area contributed by atoms with Crippen LogP contribution in [0.25, 0.3) is 21.7 Å². The van der Waals surface area contributed by atoms with Gasteiger partial charge in [-0.25, -0.2) is 4.98 Å². The van der Waals surface area contributed by atoms with Crippen molar-refractivity contribution in [2.75, 3.05) is 5.32 Å². The standard InChI is InChI=1S/C18H15N3O.C18H2.HN3.H2O.6H2/c1-13-8-10-14(11-9-13)15-6-4-7-17(20-15)21-18(22)16-5-2-3-12-19-16;1-3-5-7-9-11-13-15-17-18-16-14-12-10-8-6-4-2;1-3-2;;;;;;;/h2-12H,1H3,(H,20,21,22);1-2H;1H;1H2;6*1H. The first kappa shape index (κ1) is 36.3. The summed E-state index contributed by atoms with van der Waals surface area (Å²) in [5.74, 6) is 38.5. The van der Waals surface area contributed by atoms with Crippen molar-refractivity contribution in [1.82, 2.24) is 9.97 Å². The number of hydrogen-bond donors (Lipinski definition) is 2. The number of nitrogens with one attached hydrogen (secondary N) is 2. The zero-order chi connectivity index (χ0) is 31.4.